The monoisotopic (exact) mass is 219 g/mol. The van der Waals surface area contributed by atoms with Gasteiger partial charge in [-0.1, -0.05) is 0 Å². The molecule has 1 unspecified atom stereocenters. The number of hydrogen-bond donors (Lipinski definition) is 1. The number of nitrogens with one attached hydrogen (secondary N) is 1. The van der Waals surface area contributed by atoms with Crippen molar-refractivity contribution in [2.75, 3.05) is 5.32 Å². The molecule has 1 aliphatic rings. The summed E-state index contributed by atoms with van der Waals surface area (Å²) >= 11 is 0. The molecule has 8 heteroatoms. The third-order valence-corrected chi connectivity index (χ3v) is 1.93. The fourth-order valence-electron chi connectivity index (χ4n) is 1.35. The van der Waals surface area contributed by atoms with Gasteiger partial charge in [-0.05, 0) is 0 Å². The Balaban J connectivity index is 2.64. The Labute approximate surface area is 80.5 Å². The maximum absolute atomic E-state index is 12.4. The van der Waals surface area contributed by atoms with E-state index in [2.05, 4.69) is 4.98 Å². The number of nitrogens with zero attached hydrogens (tertiary/aromatic N) is 2. The van der Waals surface area contributed by atoms with Crippen molar-refractivity contribution in [1.82, 2.24) is 9.55 Å². The van der Waals surface area contributed by atoms with Gasteiger partial charge in [0.1, 0.15) is 0 Å². The second-order valence-electron chi connectivity index (χ2n) is 2.91. The zero-order valence-electron chi connectivity index (χ0n) is 7.08. The summed E-state index contributed by atoms with van der Waals surface area (Å²) in [5.74, 6) is -1.67. The summed E-state index contributed by atoms with van der Waals surface area (Å²) in [6.45, 7) is 0. The van der Waals surface area contributed by atoms with Crippen molar-refractivity contribution in [2.45, 2.75) is 12.2 Å². The van der Waals surface area contributed by atoms with Crippen LogP contribution in [0.5, 0.6) is 0 Å². The van der Waals surface area contributed by atoms with Gasteiger partial charge < -0.3 is 0 Å². The maximum atomic E-state index is 12.4. The minimum absolute atomic E-state index is 0.294. The molecule has 1 aliphatic heterocycles. The average Bonchev–Trinajstić information content (AvgIpc) is 2.41. The van der Waals surface area contributed by atoms with Gasteiger partial charge in [0.25, 0.3) is 11.5 Å². The molecule has 0 spiro atoms. The van der Waals surface area contributed by atoms with Crippen molar-refractivity contribution in [2.24, 2.45) is 0 Å². The summed E-state index contributed by atoms with van der Waals surface area (Å²) in [5, 5.41) is 1.89. The van der Waals surface area contributed by atoms with Crippen LogP contribution in [-0.4, -0.2) is 21.6 Å². The van der Waals surface area contributed by atoms with E-state index in [0.717, 1.165) is 12.3 Å². The van der Waals surface area contributed by atoms with Crippen LogP contribution in [0.1, 0.15) is 6.04 Å². The fraction of sp³-hybridized carbons (Fsp3) is 0.286. The molecule has 0 aliphatic carbocycles. The van der Waals surface area contributed by atoms with Gasteiger partial charge in [0.15, 0.2) is 0 Å². The van der Waals surface area contributed by atoms with E-state index in [1.807, 2.05) is 5.32 Å². The number of aromatic nitrogens is 2. The minimum atomic E-state index is -4.80. The van der Waals surface area contributed by atoms with Crippen molar-refractivity contribution in [1.29, 1.82) is 0 Å². The number of hydrogen-bond acceptors (Lipinski definition) is 3. The Morgan fingerprint density at radius 1 is 1.40 bits per heavy atom. The summed E-state index contributed by atoms with van der Waals surface area (Å²) in [6.07, 6.45) is -3.77. The molecular formula is C7H4F3N3O2. The Kier molecular flexibility index (Phi) is 1.82. The third-order valence-electron chi connectivity index (χ3n) is 1.93. The lowest BCUT2D eigenvalue weighted by Gasteiger charge is -2.13. The van der Waals surface area contributed by atoms with Gasteiger partial charge in [-0.2, -0.15) is 13.2 Å². The van der Waals surface area contributed by atoms with E-state index < -0.39 is 23.7 Å². The van der Waals surface area contributed by atoms with Crippen LogP contribution in [0.15, 0.2) is 17.1 Å². The molecule has 2 heterocycles. The first kappa shape index (κ1) is 9.69. The molecule has 0 fully saturated rings. The summed E-state index contributed by atoms with van der Waals surface area (Å²) in [5.41, 5.74) is -0.916. The lowest BCUT2D eigenvalue weighted by Crippen LogP contribution is -2.35. The van der Waals surface area contributed by atoms with Crippen molar-refractivity contribution in [3.8, 4) is 0 Å². The first-order valence-corrected chi connectivity index (χ1v) is 3.86. The molecule has 80 valence electrons. The molecule has 15 heavy (non-hydrogen) atoms. The maximum Gasteiger partial charge on any atom is 0.418 e. The fourth-order valence-corrected chi connectivity index (χ4v) is 1.35. The molecule has 0 saturated carbocycles. The van der Waals surface area contributed by atoms with Gasteiger partial charge in [-0.25, -0.2) is 4.98 Å². The zero-order chi connectivity index (χ0) is 11.2. The van der Waals surface area contributed by atoms with Crippen LogP contribution in [0, 0.1) is 0 Å². The lowest BCUT2D eigenvalue weighted by atomic mass is 10.3. The van der Waals surface area contributed by atoms with E-state index in [0.29, 0.717) is 4.57 Å². The van der Waals surface area contributed by atoms with Crippen LogP contribution in [0.25, 0.3) is 0 Å². The lowest BCUT2D eigenvalue weighted by molar-refractivity contribution is -0.172. The number of rotatable bonds is 0. The van der Waals surface area contributed by atoms with Gasteiger partial charge >= 0.3 is 6.18 Å². The van der Waals surface area contributed by atoms with Gasteiger partial charge in [0, 0.05) is 12.3 Å². The van der Waals surface area contributed by atoms with E-state index in [1.54, 1.807) is 0 Å². The highest BCUT2D eigenvalue weighted by Gasteiger charge is 2.51. The first-order chi connectivity index (χ1) is 6.91. The molecule has 0 radical (unpaired) electrons. The van der Waals surface area contributed by atoms with E-state index in [9.17, 15) is 22.8 Å². The van der Waals surface area contributed by atoms with Crippen molar-refractivity contribution in [3.63, 3.8) is 0 Å². The predicted octanol–water partition coefficient (Wildman–Crippen LogP) is 0.299. The number of amides is 1. The Hall–Kier alpha value is -1.86. The second-order valence-corrected chi connectivity index (χ2v) is 2.91. The molecule has 1 aromatic heterocycles. The largest absolute Gasteiger partial charge is 0.418 e. The minimum Gasteiger partial charge on any atom is -0.294 e. The van der Waals surface area contributed by atoms with Crippen LogP contribution in [-0.2, 0) is 4.79 Å². The second kappa shape index (κ2) is 2.81. The zero-order valence-corrected chi connectivity index (χ0v) is 7.08. The third kappa shape index (κ3) is 1.37. The molecule has 0 bridgehead atoms. The van der Waals surface area contributed by atoms with E-state index in [4.69, 9.17) is 0 Å². The molecular weight excluding hydrogens is 215 g/mol. The molecule has 1 amide bonds. The Bertz CT molecular complexity index is 479. The van der Waals surface area contributed by atoms with Crippen molar-refractivity contribution in [3.05, 3.63) is 22.6 Å². The van der Waals surface area contributed by atoms with Gasteiger partial charge in [0.05, 0.1) is 0 Å². The average molecular weight is 219 g/mol. The van der Waals surface area contributed by atoms with E-state index in [1.165, 1.54) is 0 Å². The SMILES string of the molecule is O=C1Nc2nccc(=O)n2C1C(F)(F)F. The summed E-state index contributed by atoms with van der Waals surface area (Å²) < 4.78 is 37.6. The number of anilines is 1. The number of carbonyl (C=O) groups excluding carboxylic acids is 1. The molecule has 2 rings (SSSR count). The normalized spacial score (nSPS) is 19.9. The molecule has 0 saturated heterocycles. The number of fused-ring (bicyclic) bond motifs is 1. The highest BCUT2D eigenvalue weighted by molar-refractivity contribution is 5.96. The molecule has 1 atom stereocenters. The van der Waals surface area contributed by atoms with Crippen molar-refractivity contribution >= 4 is 11.9 Å². The highest BCUT2D eigenvalue weighted by Crippen LogP contribution is 2.35. The number of halogens is 3. The van der Waals surface area contributed by atoms with Crippen molar-refractivity contribution < 1.29 is 18.0 Å². The Morgan fingerprint density at radius 2 is 2.07 bits per heavy atom. The molecule has 0 aromatic carbocycles. The van der Waals surface area contributed by atoms with E-state index in [-0.39, 0.29) is 5.95 Å². The summed E-state index contributed by atoms with van der Waals surface area (Å²) in [4.78, 5) is 25.6. The van der Waals surface area contributed by atoms with Gasteiger partial charge in [-0.3, -0.25) is 19.5 Å². The van der Waals surface area contributed by atoms with Crippen LogP contribution >= 0.6 is 0 Å². The smallest absolute Gasteiger partial charge is 0.294 e. The van der Waals surface area contributed by atoms with Crippen LogP contribution < -0.4 is 10.9 Å². The topological polar surface area (TPSA) is 64.0 Å². The summed E-state index contributed by atoms with van der Waals surface area (Å²) in [6, 6.07) is -1.61. The Morgan fingerprint density at radius 3 is 2.67 bits per heavy atom. The van der Waals surface area contributed by atoms with E-state index >= 15 is 0 Å². The summed E-state index contributed by atoms with van der Waals surface area (Å²) in [7, 11) is 0. The molecule has 5 nitrogen and oxygen atoms in total. The highest BCUT2D eigenvalue weighted by atomic mass is 19.4. The quantitative estimate of drug-likeness (QED) is 0.682. The van der Waals surface area contributed by atoms with Crippen LogP contribution in [0.4, 0.5) is 19.1 Å². The molecule has 1 N–H and O–H groups in total. The van der Waals surface area contributed by atoms with Gasteiger partial charge in [-0.15, -0.1) is 0 Å². The number of alkyl halides is 3. The predicted molar refractivity (Wildman–Crippen MR) is 42.2 cm³/mol. The van der Waals surface area contributed by atoms with Crippen LogP contribution in [0.2, 0.25) is 0 Å². The van der Waals surface area contributed by atoms with Gasteiger partial charge in [0.2, 0.25) is 12.0 Å². The number of carbonyl (C=O) groups is 1. The standard InChI is InChI=1S/C7H4F3N3O2/c8-7(9,10)4-5(15)12-6-11-2-1-3(14)13(4)6/h1-2,4H,(H,11,12,15). The first-order valence-electron chi connectivity index (χ1n) is 3.86. The molecule has 1 aromatic rings. The van der Waals surface area contributed by atoms with Crippen LogP contribution in [0.3, 0.4) is 0 Å².